The molecule has 0 spiro atoms. The van der Waals surface area contributed by atoms with Crippen LogP contribution < -0.4 is 0 Å². The van der Waals surface area contributed by atoms with E-state index in [1.807, 2.05) is 24.3 Å². The minimum atomic E-state index is -1.37. The second-order valence-corrected chi connectivity index (χ2v) is 3.03. The molecule has 1 nitrogen and oxygen atoms in total. The summed E-state index contributed by atoms with van der Waals surface area (Å²) in [5, 5.41) is 0. The number of aldehydes is 1. The maximum atomic E-state index is 12.6. The Labute approximate surface area is 77.6 Å². The summed E-state index contributed by atoms with van der Waals surface area (Å²) >= 11 is 0. The Morgan fingerprint density at radius 2 is 1.85 bits per heavy atom. The fraction of sp³-hybridized carbons (Fsp3) is 0.364. The van der Waals surface area contributed by atoms with E-state index in [1.165, 1.54) is 5.56 Å². The zero-order valence-corrected chi connectivity index (χ0v) is 7.66. The molecule has 0 saturated carbocycles. The lowest BCUT2D eigenvalue weighted by Crippen LogP contribution is -2.05. The zero-order chi connectivity index (χ0) is 9.68. The highest BCUT2D eigenvalue weighted by molar-refractivity contribution is 5.56. The number of alkyl halides is 1. The van der Waals surface area contributed by atoms with Gasteiger partial charge in [0.25, 0.3) is 0 Å². The van der Waals surface area contributed by atoms with Crippen LogP contribution in [0, 0.1) is 0 Å². The molecule has 70 valence electrons. The van der Waals surface area contributed by atoms with Crippen LogP contribution in [-0.2, 0) is 17.6 Å². The van der Waals surface area contributed by atoms with Gasteiger partial charge in [-0.05, 0) is 17.5 Å². The predicted molar refractivity (Wildman–Crippen MR) is 50.5 cm³/mol. The van der Waals surface area contributed by atoms with Gasteiger partial charge in [-0.15, -0.1) is 0 Å². The fourth-order valence-corrected chi connectivity index (χ4v) is 1.18. The molecule has 0 aliphatic carbocycles. The van der Waals surface area contributed by atoms with Crippen molar-refractivity contribution >= 4 is 6.29 Å². The highest BCUT2D eigenvalue weighted by atomic mass is 19.1. The smallest absolute Gasteiger partial charge is 0.159 e. The standard InChI is InChI=1S/C11H13FO/c1-2-9-3-5-10(6-4-9)7-11(12)8-13/h3-6,8,11H,2,7H2,1H3. The van der Waals surface area contributed by atoms with Crippen molar-refractivity contribution in [2.24, 2.45) is 0 Å². The molecule has 0 fully saturated rings. The fourth-order valence-electron chi connectivity index (χ4n) is 1.18. The lowest BCUT2D eigenvalue weighted by atomic mass is 10.1. The number of hydrogen-bond donors (Lipinski definition) is 0. The summed E-state index contributed by atoms with van der Waals surface area (Å²) in [7, 11) is 0. The monoisotopic (exact) mass is 180 g/mol. The Morgan fingerprint density at radius 1 is 1.31 bits per heavy atom. The Balaban J connectivity index is 2.63. The van der Waals surface area contributed by atoms with Crippen molar-refractivity contribution in [3.8, 4) is 0 Å². The molecule has 1 unspecified atom stereocenters. The first-order chi connectivity index (χ1) is 6.26. The molecule has 0 heterocycles. The first-order valence-electron chi connectivity index (χ1n) is 4.43. The maximum Gasteiger partial charge on any atom is 0.159 e. The van der Waals surface area contributed by atoms with Crippen LogP contribution in [0.5, 0.6) is 0 Å². The Hall–Kier alpha value is -1.18. The van der Waals surface area contributed by atoms with Crippen molar-refractivity contribution in [2.45, 2.75) is 25.9 Å². The van der Waals surface area contributed by atoms with Crippen LogP contribution in [0.2, 0.25) is 0 Å². The SMILES string of the molecule is CCc1ccc(CC(F)C=O)cc1. The van der Waals surface area contributed by atoms with Gasteiger partial charge in [0.2, 0.25) is 0 Å². The first-order valence-corrected chi connectivity index (χ1v) is 4.43. The Bertz CT molecular complexity index is 266. The van der Waals surface area contributed by atoms with Gasteiger partial charge >= 0.3 is 0 Å². The third-order valence-electron chi connectivity index (χ3n) is 2.01. The molecule has 0 aliphatic rings. The minimum absolute atomic E-state index is 0.188. The van der Waals surface area contributed by atoms with E-state index in [-0.39, 0.29) is 6.42 Å². The van der Waals surface area contributed by atoms with Gasteiger partial charge in [-0.2, -0.15) is 0 Å². The maximum absolute atomic E-state index is 12.6. The van der Waals surface area contributed by atoms with Gasteiger partial charge < -0.3 is 4.79 Å². The number of carbonyl (C=O) groups is 1. The van der Waals surface area contributed by atoms with Crippen molar-refractivity contribution in [3.63, 3.8) is 0 Å². The van der Waals surface area contributed by atoms with Gasteiger partial charge in [-0.25, -0.2) is 4.39 Å². The predicted octanol–water partition coefficient (Wildman–Crippen LogP) is 2.33. The molecule has 0 aromatic heterocycles. The van der Waals surface area contributed by atoms with Gasteiger partial charge in [0.1, 0.15) is 0 Å². The van der Waals surface area contributed by atoms with Crippen LogP contribution in [0.3, 0.4) is 0 Å². The topological polar surface area (TPSA) is 17.1 Å². The van der Waals surface area contributed by atoms with Crippen LogP contribution in [-0.4, -0.2) is 12.5 Å². The highest BCUT2D eigenvalue weighted by Crippen LogP contribution is 2.08. The second-order valence-electron chi connectivity index (χ2n) is 3.03. The Morgan fingerprint density at radius 3 is 2.31 bits per heavy atom. The number of carbonyl (C=O) groups excluding carboxylic acids is 1. The molecule has 0 aliphatic heterocycles. The van der Waals surface area contributed by atoms with E-state index >= 15 is 0 Å². The van der Waals surface area contributed by atoms with Gasteiger partial charge in [-0.3, -0.25) is 0 Å². The third-order valence-corrected chi connectivity index (χ3v) is 2.01. The van der Waals surface area contributed by atoms with Crippen LogP contribution in [0.15, 0.2) is 24.3 Å². The third kappa shape index (κ3) is 2.98. The van der Waals surface area contributed by atoms with Crippen molar-refractivity contribution in [1.29, 1.82) is 0 Å². The summed E-state index contributed by atoms with van der Waals surface area (Å²) in [6, 6.07) is 7.67. The van der Waals surface area contributed by atoms with Crippen molar-refractivity contribution in [2.75, 3.05) is 0 Å². The van der Waals surface area contributed by atoms with Gasteiger partial charge in [0.05, 0.1) is 0 Å². The van der Waals surface area contributed by atoms with E-state index in [1.54, 1.807) is 0 Å². The summed E-state index contributed by atoms with van der Waals surface area (Å²) < 4.78 is 12.6. The van der Waals surface area contributed by atoms with Crippen LogP contribution >= 0.6 is 0 Å². The summed E-state index contributed by atoms with van der Waals surface area (Å²) in [6.45, 7) is 2.07. The molecule has 13 heavy (non-hydrogen) atoms. The molecule has 2 heteroatoms. The molecular formula is C11H13FO. The molecule has 1 aromatic rings. The molecule has 0 N–H and O–H groups in total. The van der Waals surface area contributed by atoms with Crippen molar-refractivity contribution < 1.29 is 9.18 Å². The van der Waals surface area contributed by atoms with Crippen molar-refractivity contribution in [3.05, 3.63) is 35.4 Å². The van der Waals surface area contributed by atoms with Crippen molar-refractivity contribution in [1.82, 2.24) is 0 Å². The van der Waals surface area contributed by atoms with E-state index in [0.29, 0.717) is 6.29 Å². The number of rotatable bonds is 4. The summed E-state index contributed by atoms with van der Waals surface area (Å²) in [5.41, 5.74) is 2.10. The summed E-state index contributed by atoms with van der Waals surface area (Å²) in [4.78, 5) is 10.1. The van der Waals surface area contributed by atoms with Gasteiger partial charge in [-0.1, -0.05) is 31.2 Å². The molecular weight excluding hydrogens is 167 g/mol. The van der Waals surface area contributed by atoms with E-state index in [9.17, 15) is 9.18 Å². The van der Waals surface area contributed by atoms with E-state index in [4.69, 9.17) is 0 Å². The lowest BCUT2D eigenvalue weighted by Gasteiger charge is -2.02. The molecule has 1 aromatic carbocycles. The number of aryl methyl sites for hydroxylation is 1. The highest BCUT2D eigenvalue weighted by Gasteiger charge is 2.04. The van der Waals surface area contributed by atoms with Crippen LogP contribution in [0.1, 0.15) is 18.1 Å². The lowest BCUT2D eigenvalue weighted by molar-refractivity contribution is -0.111. The average molecular weight is 180 g/mol. The number of hydrogen-bond acceptors (Lipinski definition) is 1. The number of benzene rings is 1. The average Bonchev–Trinajstić information content (AvgIpc) is 2.19. The number of halogens is 1. The molecule has 0 radical (unpaired) electrons. The van der Waals surface area contributed by atoms with Crippen LogP contribution in [0.4, 0.5) is 4.39 Å². The van der Waals surface area contributed by atoms with Crippen LogP contribution in [0.25, 0.3) is 0 Å². The van der Waals surface area contributed by atoms with Gasteiger partial charge in [0.15, 0.2) is 12.5 Å². The zero-order valence-electron chi connectivity index (χ0n) is 7.66. The minimum Gasteiger partial charge on any atom is -0.300 e. The van der Waals surface area contributed by atoms with E-state index in [2.05, 4.69) is 6.92 Å². The molecule has 0 saturated heterocycles. The quantitative estimate of drug-likeness (QED) is 0.650. The molecule has 1 rings (SSSR count). The van der Waals surface area contributed by atoms with E-state index in [0.717, 1.165) is 12.0 Å². The summed E-state index contributed by atoms with van der Waals surface area (Å²) in [6.07, 6.45) is 0.140. The first kappa shape index (κ1) is 9.90. The molecule has 1 atom stereocenters. The largest absolute Gasteiger partial charge is 0.300 e. The second kappa shape index (κ2) is 4.75. The Kier molecular flexibility index (Phi) is 3.62. The molecule has 0 amide bonds. The summed E-state index contributed by atoms with van der Waals surface area (Å²) in [5.74, 6) is 0. The normalized spacial score (nSPS) is 12.5. The van der Waals surface area contributed by atoms with Gasteiger partial charge in [0, 0.05) is 6.42 Å². The molecule has 0 bridgehead atoms. The van der Waals surface area contributed by atoms with E-state index < -0.39 is 6.17 Å².